The van der Waals surface area contributed by atoms with Crippen LogP contribution in [0.4, 0.5) is 0 Å². The molecule has 0 saturated carbocycles. The molecule has 0 unspecified atom stereocenters. The lowest BCUT2D eigenvalue weighted by Crippen LogP contribution is -2.39. The van der Waals surface area contributed by atoms with E-state index in [1.807, 2.05) is 36.1 Å². The number of aryl methyl sites for hydroxylation is 1. The minimum absolute atomic E-state index is 0.0443. The predicted octanol–water partition coefficient (Wildman–Crippen LogP) is 1.43. The molecule has 0 heterocycles. The number of benzene rings is 1. The first-order chi connectivity index (χ1) is 9.58. The van der Waals surface area contributed by atoms with E-state index in [1.54, 1.807) is 18.0 Å². The van der Waals surface area contributed by atoms with Crippen LogP contribution in [0.3, 0.4) is 0 Å². The summed E-state index contributed by atoms with van der Waals surface area (Å²) in [5, 5.41) is 8.99. The minimum Gasteiger partial charge on any atom is -0.395 e. The third-order valence-corrected chi connectivity index (χ3v) is 3.26. The molecule has 1 N–H and O–H groups in total. The second kappa shape index (κ2) is 8.51. The van der Waals surface area contributed by atoms with Crippen molar-refractivity contribution in [2.45, 2.75) is 13.5 Å². The Hall–Kier alpha value is -1.65. The van der Waals surface area contributed by atoms with E-state index in [2.05, 4.69) is 6.58 Å². The third-order valence-electron chi connectivity index (χ3n) is 3.26. The zero-order valence-electron chi connectivity index (χ0n) is 12.4. The van der Waals surface area contributed by atoms with E-state index in [9.17, 15) is 4.79 Å². The molecule has 4 nitrogen and oxygen atoms in total. The molecule has 0 bridgehead atoms. The number of amides is 1. The number of aliphatic hydroxyl groups excluding tert-OH is 1. The number of rotatable bonds is 8. The van der Waals surface area contributed by atoms with E-state index >= 15 is 0 Å². The Balaban J connectivity index is 2.58. The summed E-state index contributed by atoms with van der Waals surface area (Å²) in [5.41, 5.74) is 2.34. The van der Waals surface area contributed by atoms with Crippen molar-refractivity contribution in [3.63, 3.8) is 0 Å². The molecule has 0 aliphatic carbocycles. The normalized spacial score (nSPS) is 10.6. The first-order valence-corrected chi connectivity index (χ1v) is 6.81. The van der Waals surface area contributed by atoms with Crippen LogP contribution in [0.2, 0.25) is 0 Å². The van der Waals surface area contributed by atoms with Crippen LogP contribution in [0.5, 0.6) is 0 Å². The van der Waals surface area contributed by atoms with Gasteiger partial charge in [0.25, 0.3) is 0 Å². The summed E-state index contributed by atoms with van der Waals surface area (Å²) in [6.07, 6.45) is 1.74. The van der Waals surface area contributed by atoms with Crippen molar-refractivity contribution >= 4 is 5.91 Å². The number of hydrogen-bond donors (Lipinski definition) is 1. The molecule has 0 aromatic heterocycles. The van der Waals surface area contributed by atoms with E-state index in [1.165, 1.54) is 5.56 Å². The van der Waals surface area contributed by atoms with Gasteiger partial charge < -0.3 is 10.0 Å². The molecule has 0 fully saturated rings. The van der Waals surface area contributed by atoms with Crippen molar-refractivity contribution in [1.29, 1.82) is 0 Å². The molecule has 1 amide bonds. The van der Waals surface area contributed by atoms with Gasteiger partial charge in [-0.15, -0.1) is 6.58 Å². The van der Waals surface area contributed by atoms with Crippen LogP contribution in [0.15, 0.2) is 36.9 Å². The topological polar surface area (TPSA) is 43.8 Å². The number of carbonyl (C=O) groups excluding carboxylic acids is 1. The van der Waals surface area contributed by atoms with E-state index in [0.717, 1.165) is 5.56 Å². The fourth-order valence-corrected chi connectivity index (χ4v) is 2.00. The fourth-order valence-electron chi connectivity index (χ4n) is 2.00. The molecule has 1 aromatic carbocycles. The van der Waals surface area contributed by atoms with Gasteiger partial charge in [0.05, 0.1) is 13.2 Å². The lowest BCUT2D eigenvalue weighted by atomic mass is 10.1. The standard InChI is InChI=1S/C16H24N2O2/c1-4-9-18(10-11-19)13-16(20)17(3)12-15-8-6-5-7-14(15)2/h4-8,19H,1,9-13H2,2-3H3. The number of hydrogen-bond acceptors (Lipinski definition) is 3. The van der Waals surface area contributed by atoms with Gasteiger partial charge in [-0.25, -0.2) is 0 Å². The highest BCUT2D eigenvalue weighted by atomic mass is 16.3. The summed E-state index contributed by atoms with van der Waals surface area (Å²) >= 11 is 0. The fraction of sp³-hybridized carbons (Fsp3) is 0.438. The van der Waals surface area contributed by atoms with Crippen LogP contribution < -0.4 is 0 Å². The maximum absolute atomic E-state index is 12.2. The average molecular weight is 276 g/mol. The zero-order chi connectivity index (χ0) is 15.0. The van der Waals surface area contributed by atoms with Gasteiger partial charge in [0.15, 0.2) is 0 Å². The minimum atomic E-state index is 0.0443. The van der Waals surface area contributed by atoms with Crippen molar-refractivity contribution in [3.8, 4) is 0 Å². The summed E-state index contributed by atoms with van der Waals surface area (Å²) in [4.78, 5) is 15.8. The van der Waals surface area contributed by atoms with Crippen LogP contribution in [0.25, 0.3) is 0 Å². The van der Waals surface area contributed by atoms with Crippen molar-refractivity contribution in [2.75, 3.05) is 33.3 Å². The number of aliphatic hydroxyl groups is 1. The monoisotopic (exact) mass is 276 g/mol. The van der Waals surface area contributed by atoms with Crippen LogP contribution in [-0.4, -0.2) is 54.1 Å². The van der Waals surface area contributed by atoms with Crippen LogP contribution >= 0.6 is 0 Å². The van der Waals surface area contributed by atoms with Gasteiger partial charge in [-0.1, -0.05) is 30.3 Å². The first kappa shape index (κ1) is 16.4. The molecule has 0 spiro atoms. The second-order valence-electron chi connectivity index (χ2n) is 4.92. The molecular weight excluding hydrogens is 252 g/mol. The lowest BCUT2D eigenvalue weighted by Gasteiger charge is -2.24. The SMILES string of the molecule is C=CCN(CCO)CC(=O)N(C)Cc1ccccc1C. The van der Waals surface area contributed by atoms with Gasteiger partial charge in [-0.2, -0.15) is 0 Å². The number of likely N-dealkylation sites (N-methyl/N-ethyl adjacent to an activating group) is 1. The van der Waals surface area contributed by atoms with E-state index in [-0.39, 0.29) is 12.5 Å². The molecule has 1 aromatic rings. The molecule has 1 rings (SSSR count). The summed E-state index contributed by atoms with van der Waals surface area (Å²) in [6, 6.07) is 8.06. The quantitative estimate of drug-likeness (QED) is 0.731. The van der Waals surface area contributed by atoms with Crippen LogP contribution in [0.1, 0.15) is 11.1 Å². The molecule has 0 aliphatic heterocycles. The van der Waals surface area contributed by atoms with E-state index in [4.69, 9.17) is 5.11 Å². The average Bonchev–Trinajstić information content (AvgIpc) is 2.41. The number of nitrogens with zero attached hydrogens (tertiary/aromatic N) is 2. The predicted molar refractivity (Wildman–Crippen MR) is 81.4 cm³/mol. The summed E-state index contributed by atoms with van der Waals surface area (Å²) in [6.45, 7) is 7.74. The summed E-state index contributed by atoms with van der Waals surface area (Å²) < 4.78 is 0. The highest BCUT2D eigenvalue weighted by Gasteiger charge is 2.14. The largest absolute Gasteiger partial charge is 0.395 e. The lowest BCUT2D eigenvalue weighted by molar-refractivity contribution is -0.131. The maximum atomic E-state index is 12.2. The van der Waals surface area contributed by atoms with Crippen LogP contribution in [-0.2, 0) is 11.3 Å². The Kier molecular flexibility index (Phi) is 6.98. The third kappa shape index (κ3) is 5.15. The van der Waals surface area contributed by atoms with Gasteiger partial charge in [0, 0.05) is 26.7 Å². The van der Waals surface area contributed by atoms with Gasteiger partial charge in [-0.3, -0.25) is 9.69 Å². The van der Waals surface area contributed by atoms with E-state index < -0.39 is 0 Å². The summed E-state index contributed by atoms with van der Waals surface area (Å²) in [5.74, 6) is 0.0450. The Labute approximate surface area is 121 Å². The Morgan fingerprint density at radius 3 is 2.70 bits per heavy atom. The zero-order valence-corrected chi connectivity index (χ0v) is 12.4. The molecule has 0 aliphatic rings. The Morgan fingerprint density at radius 2 is 2.10 bits per heavy atom. The molecule has 4 heteroatoms. The Bertz CT molecular complexity index is 446. The van der Waals surface area contributed by atoms with Gasteiger partial charge >= 0.3 is 0 Å². The number of carbonyl (C=O) groups is 1. The highest BCUT2D eigenvalue weighted by molar-refractivity contribution is 5.78. The van der Waals surface area contributed by atoms with Crippen molar-refractivity contribution in [3.05, 3.63) is 48.0 Å². The van der Waals surface area contributed by atoms with Gasteiger partial charge in [-0.05, 0) is 18.1 Å². The molecule has 20 heavy (non-hydrogen) atoms. The first-order valence-electron chi connectivity index (χ1n) is 6.81. The van der Waals surface area contributed by atoms with Gasteiger partial charge in [0.1, 0.15) is 0 Å². The van der Waals surface area contributed by atoms with Crippen molar-refractivity contribution in [1.82, 2.24) is 9.80 Å². The molecule has 0 saturated heterocycles. The van der Waals surface area contributed by atoms with Crippen molar-refractivity contribution < 1.29 is 9.90 Å². The van der Waals surface area contributed by atoms with Gasteiger partial charge in [0.2, 0.25) is 5.91 Å². The van der Waals surface area contributed by atoms with Crippen LogP contribution in [0, 0.1) is 6.92 Å². The maximum Gasteiger partial charge on any atom is 0.236 e. The molecule has 110 valence electrons. The highest BCUT2D eigenvalue weighted by Crippen LogP contribution is 2.09. The molecule has 0 radical (unpaired) electrons. The van der Waals surface area contributed by atoms with E-state index in [0.29, 0.717) is 26.2 Å². The van der Waals surface area contributed by atoms with Crippen molar-refractivity contribution in [2.24, 2.45) is 0 Å². The smallest absolute Gasteiger partial charge is 0.236 e. The second-order valence-corrected chi connectivity index (χ2v) is 4.92. The Morgan fingerprint density at radius 1 is 1.40 bits per heavy atom. The molecular formula is C16H24N2O2. The molecule has 0 atom stereocenters. The summed E-state index contributed by atoms with van der Waals surface area (Å²) in [7, 11) is 1.81.